The lowest BCUT2D eigenvalue weighted by molar-refractivity contribution is 0.481. The van der Waals surface area contributed by atoms with E-state index in [0.29, 0.717) is 10.9 Å². The summed E-state index contributed by atoms with van der Waals surface area (Å²) in [5.74, 6) is 2.03. The summed E-state index contributed by atoms with van der Waals surface area (Å²) in [5, 5.41) is 6.60. The van der Waals surface area contributed by atoms with Crippen LogP contribution in [0.5, 0.6) is 11.5 Å². The summed E-state index contributed by atoms with van der Waals surface area (Å²) >= 11 is 1.40. The number of nitrogens with one attached hydrogen (secondary N) is 1. The maximum atomic E-state index is 6.00. The van der Waals surface area contributed by atoms with E-state index in [9.17, 15) is 0 Å². The highest BCUT2D eigenvalue weighted by molar-refractivity contribution is 7.14. The first-order valence-corrected chi connectivity index (χ1v) is 8.34. The highest BCUT2D eigenvalue weighted by Gasteiger charge is 2.04. The monoisotopic (exact) mass is 338 g/mol. The average Bonchev–Trinajstić information content (AvgIpc) is 2.98. The number of hydrogen-bond acceptors (Lipinski definition) is 6. The van der Waals surface area contributed by atoms with Gasteiger partial charge < -0.3 is 10.5 Å². The molecule has 0 spiro atoms. The largest absolute Gasteiger partial charge is 0.457 e. The topological polar surface area (TPSA) is 72.5 Å². The minimum Gasteiger partial charge on any atom is -0.457 e. The van der Waals surface area contributed by atoms with Crippen molar-refractivity contribution in [3.8, 4) is 11.5 Å². The second kappa shape index (κ2) is 7.14. The zero-order chi connectivity index (χ0) is 16.9. The second-order valence-electron chi connectivity index (χ2n) is 5.33. The number of anilines is 2. The summed E-state index contributed by atoms with van der Waals surface area (Å²) < 4.78 is 6.00. The first-order valence-electron chi connectivity index (χ1n) is 7.46. The minimum absolute atomic E-state index is 0.483. The Morgan fingerprint density at radius 1 is 1.17 bits per heavy atom. The van der Waals surface area contributed by atoms with E-state index >= 15 is 0 Å². The normalized spacial score (nSPS) is 10.9. The number of hydrazone groups is 1. The van der Waals surface area contributed by atoms with Crippen LogP contribution in [0.4, 0.5) is 10.9 Å². The van der Waals surface area contributed by atoms with Gasteiger partial charge >= 0.3 is 0 Å². The standard InChI is InChI=1S/C18H18N4OS/c1-12-7-8-15(9-13(12)2)23-16-6-4-3-5-14(16)10-20-22-18-21-17(19)11-24-18/h3-11H,19H2,1-2H3,(H,21,22). The highest BCUT2D eigenvalue weighted by atomic mass is 32.1. The lowest BCUT2D eigenvalue weighted by Gasteiger charge is -2.10. The molecule has 6 heteroatoms. The quantitative estimate of drug-likeness (QED) is 0.527. The van der Waals surface area contributed by atoms with Crippen molar-refractivity contribution in [2.45, 2.75) is 13.8 Å². The molecule has 0 bridgehead atoms. The summed E-state index contributed by atoms with van der Waals surface area (Å²) in [4.78, 5) is 4.09. The fraction of sp³-hybridized carbons (Fsp3) is 0.111. The van der Waals surface area contributed by atoms with Crippen LogP contribution in [-0.4, -0.2) is 11.2 Å². The summed E-state index contributed by atoms with van der Waals surface area (Å²) in [6, 6.07) is 13.8. The fourth-order valence-corrected chi connectivity index (χ4v) is 2.63. The number of thiazole rings is 1. The Morgan fingerprint density at radius 2 is 2.00 bits per heavy atom. The van der Waals surface area contributed by atoms with Crippen LogP contribution in [0.2, 0.25) is 0 Å². The molecule has 0 atom stereocenters. The predicted molar refractivity (Wildman–Crippen MR) is 100 cm³/mol. The molecule has 3 rings (SSSR count). The zero-order valence-corrected chi connectivity index (χ0v) is 14.3. The predicted octanol–water partition coefficient (Wildman–Crippen LogP) is 4.58. The minimum atomic E-state index is 0.483. The Hall–Kier alpha value is -2.86. The Bertz CT molecular complexity index is 873. The van der Waals surface area contributed by atoms with Crippen molar-refractivity contribution in [1.82, 2.24) is 4.98 Å². The Balaban J connectivity index is 1.76. The lowest BCUT2D eigenvalue weighted by atomic mass is 10.1. The molecule has 0 amide bonds. The molecule has 0 aliphatic heterocycles. The van der Waals surface area contributed by atoms with Crippen LogP contribution in [-0.2, 0) is 0 Å². The Labute approximate surface area is 144 Å². The molecule has 3 aromatic rings. The van der Waals surface area contributed by atoms with Gasteiger partial charge in [0.25, 0.3) is 0 Å². The lowest BCUT2D eigenvalue weighted by Crippen LogP contribution is -1.94. The summed E-state index contributed by atoms with van der Waals surface area (Å²) in [7, 11) is 0. The van der Waals surface area contributed by atoms with Crippen molar-refractivity contribution >= 4 is 28.5 Å². The van der Waals surface area contributed by atoms with Crippen molar-refractivity contribution < 1.29 is 4.74 Å². The zero-order valence-electron chi connectivity index (χ0n) is 13.5. The number of benzene rings is 2. The van der Waals surface area contributed by atoms with E-state index in [0.717, 1.165) is 17.1 Å². The third-order valence-electron chi connectivity index (χ3n) is 3.51. The highest BCUT2D eigenvalue weighted by Crippen LogP contribution is 2.26. The molecule has 2 aromatic carbocycles. The maximum Gasteiger partial charge on any atom is 0.205 e. The molecule has 0 saturated carbocycles. The van der Waals surface area contributed by atoms with E-state index in [4.69, 9.17) is 10.5 Å². The Kier molecular flexibility index (Phi) is 4.77. The number of para-hydroxylation sites is 1. The van der Waals surface area contributed by atoms with Crippen LogP contribution in [0.3, 0.4) is 0 Å². The smallest absolute Gasteiger partial charge is 0.205 e. The molecule has 0 radical (unpaired) electrons. The Morgan fingerprint density at radius 3 is 2.75 bits per heavy atom. The van der Waals surface area contributed by atoms with Crippen molar-refractivity contribution in [3.05, 3.63) is 64.5 Å². The first-order chi connectivity index (χ1) is 11.6. The molecule has 0 saturated heterocycles. The van der Waals surface area contributed by atoms with Gasteiger partial charge in [0.2, 0.25) is 5.13 Å². The van der Waals surface area contributed by atoms with Crippen molar-refractivity contribution in [3.63, 3.8) is 0 Å². The van der Waals surface area contributed by atoms with Crippen LogP contribution in [0.25, 0.3) is 0 Å². The van der Waals surface area contributed by atoms with E-state index in [1.807, 2.05) is 36.4 Å². The van der Waals surface area contributed by atoms with Gasteiger partial charge in [-0.05, 0) is 49.2 Å². The number of nitrogen functional groups attached to an aromatic ring is 1. The van der Waals surface area contributed by atoms with Crippen LogP contribution < -0.4 is 15.9 Å². The summed E-state index contributed by atoms with van der Waals surface area (Å²) in [6.07, 6.45) is 1.70. The van der Waals surface area contributed by atoms with E-state index in [-0.39, 0.29) is 0 Å². The molecule has 122 valence electrons. The van der Waals surface area contributed by atoms with Crippen LogP contribution in [0, 0.1) is 13.8 Å². The molecule has 0 fully saturated rings. The van der Waals surface area contributed by atoms with Gasteiger partial charge in [-0.15, -0.1) is 11.3 Å². The third-order valence-corrected chi connectivity index (χ3v) is 4.28. The number of nitrogens with two attached hydrogens (primary N) is 1. The van der Waals surface area contributed by atoms with Gasteiger partial charge in [0.15, 0.2) is 0 Å². The molecule has 24 heavy (non-hydrogen) atoms. The molecule has 5 nitrogen and oxygen atoms in total. The van der Waals surface area contributed by atoms with E-state index in [1.165, 1.54) is 22.5 Å². The van der Waals surface area contributed by atoms with Gasteiger partial charge in [0.05, 0.1) is 6.21 Å². The average molecular weight is 338 g/mol. The number of rotatable bonds is 5. The first kappa shape index (κ1) is 16.0. The van der Waals surface area contributed by atoms with Crippen molar-refractivity contribution in [1.29, 1.82) is 0 Å². The third kappa shape index (κ3) is 3.91. The van der Waals surface area contributed by atoms with Crippen LogP contribution >= 0.6 is 11.3 Å². The molecular weight excluding hydrogens is 320 g/mol. The number of nitrogens with zero attached hydrogens (tertiary/aromatic N) is 2. The van der Waals surface area contributed by atoms with Gasteiger partial charge in [-0.25, -0.2) is 4.98 Å². The fourth-order valence-electron chi connectivity index (χ4n) is 2.08. The molecule has 1 aromatic heterocycles. The molecule has 0 unspecified atom stereocenters. The summed E-state index contributed by atoms with van der Waals surface area (Å²) in [6.45, 7) is 4.15. The molecule has 0 aliphatic rings. The molecule has 1 heterocycles. The van der Waals surface area contributed by atoms with E-state index < -0.39 is 0 Å². The van der Waals surface area contributed by atoms with Gasteiger partial charge in [-0.3, -0.25) is 5.43 Å². The number of ether oxygens (including phenoxy) is 1. The van der Waals surface area contributed by atoms with Crippen LogP contribution in [0.1, 0.15) is 16.7 Å². The van der Waals surface area contributed by atoms with Crippen molar-refractivity contribution in [2.24, 2.45) is 5.10 Å². The number of aromatic nitrogens is 1. The second-order valence-corrected chi connectivity index (χ2v) is 6.19. The molecule has 3 N–H and O–H groups in total. The SMILES string of the molecule is Cc1ccc(Oc2ccccc2C=NNc2nc(N)cs2)cc1C. The van der Waals surface area contributed by atoms with Gasteiger partial charge in [0, 0.05) is 10.9 Å². The number of aryl methyl sites for hydroxylation is 2. The maximum absolute atomic E-state index is 6.00. The van der Waals surface area contributed by atoms with Gasteiger partial charge in [-0.1, -0.05) is 18.2 Å². The van der Waals surface area contributed by atoms with Gasteiger partial charge in [0.1, 0.15) is 17.3 Å². The molecule has 0 aliphatic carbocycles. The van der Waals surface area contributed by atoms with E-state index in [1.54, 1.807) is 11.6 Å². The summed E-state index contributed by atoms with van der Waals surface area (Å²) in [5.41, 5.74) is 11.7. The van der Waals surface area contributed by atoms with E-state index in [2.05, 4.69) is 35.4 Å². The van der Waals surface area contributed by atoms with Crippen LogP contribution in [0.15, 0.2) is 52.9 Å². The number of hydrogen-bond donors (Lipinski definition) is 2. The van der Waals surface area contributed by atoms with Crippen molar-refractivity contribution in [2.75, 3.05) is 11.2 Å². The van der Waals surface area contributed by atoms with Gasteiger partial charge in [-0.2, -0.15) is 5.10 Å². The molecular formula is C18H18N4OS.